The van der Waals surface area contributed by atoms with Crippen molar-refractivity contribution in [1.82, 2.24) is 15.1 Å². The van der Waals surface area contributed by atoms with Crippen molar-refractivity contribution in [2.75, 3.05) is 19.8 Å². The highest BCUT2D eigenvalue weighted by atomic mass is 16.5. The van der Waals surface area contributed by atoms with E-state index in [1.165, 1.54) is 0 Å². The minimum atomic E-state index is -0.153. The van der Waals surface area contributed by atoms with E-state index in [1.54, 1.807) is 12.1 Å². The van der Waals surface area contributed by atoms with Crippen LogP contribution in [-0.4, -0.2) is 35.4 Å². The van der Waals surface area contributed by atoms with E-state index < -0.39 is 0 Å². The summed E-state index contributed by atoms with van der Waals surface area (Å²) < 4.78 is 12.7. The topological polar surface area (TPSA) is 65.4 Å². The maximum Gasteiger partial charge on any atom is 0.257 e. The van der Waals surface area contributed by atoms with Crippen molar-refractivity contribution in [3.63, 3.8) is 0 Å². The number of hydrogen-bond acceptors (Lipinski definition) is 4. The lowest BCUT2D eigenvalue weighted by atomic mass is 10.2. The van der Waals surface area contributed by atoms with Crippen LogP contribution in [0.5, 0.6) is 11.5 Å². The van der Waals surface area contributed by atoms with Gasteiger partial charge in [-0.05, 0) is 55.3 Å². The fourth-order valence-electron chi connectivity index (χ4n) is 2.56. The molecule has 3 rings (SSSR count). The molecule has 27 heavy (non-hydrogen) atoms. The number of hydrogen-bond donors (Lipinski definition) is 1. The minimum Gasteiger partial charge on any atom is -0.494 e. The van der Waals surface area contributed by atoms with Crippen molar-refractivity contribution < 1.29 is 14.3 Å². The minimum absolute atomic E-state index is 0.0166. The normalized spacial score (nSPS) is 10.4. The van der Waals surface area contributed by atoms with Crippen molar-refractivity contribution in [3.8, 4) is 17.2 Å². The largest absolute Gasteiger partial charge is 0.494 e. The van der Waals surface area contributed by atoms with Crippen LogP contribution in [0.15, 0.2) is 67.0 Å². The van der Waals surface area contributed by atoms with Crippen molar-refractivity contribution in [1.29, 1.82) is 0 Å². The summed E-state index contributed by atoms with van der Waals surface area (Å²) in [6.45, 7) is 3.07. The highest BCUT2D eigenvalue weighted by Crippen LogP contribution is 2.17. The Morgan fingerprint density at radius 3 is 2.44 bits per heavy atom. The average molecular weight is 365 g/mol. The van der Waals surface area contributed by atoms with Gasteiger partial charge in [0.15, 0.2) is 6.61 Å². The molecule has 0 saturated heterocycles. The first-order chi connectivity index (χ1) is 13.2. The van der Waals surface area contributed by atoms with Gasteiger partial charge in [-0.1, -0.05) is 18.2 Å². The van der Waals surface area contributed by atoms with Crippen molar-refractivity contribution in [2.24, 2.45) is 0 Å². The van der Waals surface area contributed by atoms with Crippen LogP contribution < -0.4 is 14.8 Å². The van der Waals surface area contributed by atoms with E-state index in [2.05, 4.69) is 10.4 Å². The van der Waals surface area contributed by atoms with Crippen LogP contribution in [0.2, 0.25) is 0 Å². The second kappa shape index (κ2) is 9.43. The second-order valence-electron chi connectivity index (χ2n) is 5.92. The van der Waals surface area contributed by atoms with E-state index in [-0.39, 0.29) is 12.5 Å². The molecule has 0 saturated carbocycles. The number of aromatic nitrogens is 2. The number of nitrogens with zero attached hydrogens (tertiary/aromatic N) is 2. The van der Waals surface area contributed by atoms with E-state index in [0.717, 1.165) is 17.0 Å². The molecule has 0 spiro atoms. The number of carbonyl (C=O) groups excluding carboxylic acids is 1. The number of nitrogens with one attached hydrogen (secondary N) is 1. The van der Waals surface area contributed by atoms with Crippen molar-refractivity contribution >= 4 is 5.91 Å². The molecular weight excluding hydrogens is 342 g/mol. The second-order valence-corrected chi connectivity index (χ2v) is 5.92. The smallest absolute Gasteiger partial charge is 0.257 e. The van der Waals surface area contributed by atoms with Gasteiger partial charge in [-0.15, -0.1) is 0 Å². The molecule has 3 aromatic rings. The zero-order valence-electron chi connectivity index (χ0n) is 15.3. The Balaban J connectivity index is 1.39. The SMILES string of the molecule is CCOc1ccc(OCC(=O)NCCc2cnn(-c3ccccc3)c2)cc1. The standard InChI is InChI=1S/C21H23N3O3/c1-2-26-19-8-10-20(11-9-19)27-16-21(25)22-13-12-17-14-23-24(15-17)18-6-4-3-5-7-18/h3-11,14-15H,2,12-13,16H2,1H3,(H,22,25). The predicted octanol–water partition coefficient (Wildman–Crippen LogP) is 3.01. The Hall–Kier alpha value is -3.28. The molecule has 1 aromatic heterocycles. The quantitative estimate of drug-likeness (QED) is 0.633. The van der Waals surface area contributed by atoms with Gasteiger partial charge in [0, 0.05) is 12.7 Å². The van der Waals surface area contributed by atoms with Crippen LogP contribution in [-0.2, 0) is 11.2 Å². The van der Waals surface area contributed by atoms with Crippen molar-refractivity contribution in [2.45, 2.75) is 13.3 Å². The Kier molecular flexibility index (Phi) is 6.46. The van der Waals surface area contributed by atoms with Gasteiger partial charge >= 0.3 is 0 Å². The molecule has 0 atom stereocenters. The molecule has 1 amide bonds. The monoisotopic (exact) mass is 365 g/mol. The number of rotatable bonds is 9. The van der Waals surface area contributed by atoms with Gasteiger partial charge in [-0.25, -0.2) is 4.68 Å². The fraction of sp³-hybridized carbons (Fsp3) is 0.238. The van der Waals surface area contributed by atoms with Gasteiger partial charge in [-0.3, -0.25) is 4.79 Å². The van der Waals surface area contributed by atoms with Gasteiger partial charge in [0.2, 0.25) is 0 Å². The molecule has 1 N–H and O–H groups in total. The maximum atomic E-state index is 11.9. The van der Waals surface area contributed by atoms with Crippen LogP contribution in [0.1, 0.15) is 12.5 Å². The number of para-hydroxylation sites is 1. The Labute approximate surface area is 158 Å². The summed E-state index contributed by atoms with van der Waals surface area (Å²) in [6.07, 6.45) is 4.50. The van der Waals surface area contributed by atoms with Gasteiger partial charge in [-0.2, -0.15) is 5.10 Å². The summed E-state index contributed by atoms with van der Waals surface area (Å²) in [7, 11) is 0. The molecule has 0 fully saturated rings. The lowest BCUT2D eigenvalue weighted by molar-refractivity contribution is -0.123. The zero-order chi connectivity index (χ0) is 18.9. The molecule has 1 heterocycles. The third-order valence-electron chi connectivity index (χ3n) is 3.90. The summed E-state index contributed by atoms with van der Waals surface area (Å²) in [5.41, 5.74) is 2.07. The van der Waals surface area contributed by atoms with Crippen LogP contribution in [0, 0.1) is 0 Å². The molecule has 140 valence electrons. The van der Waals surface area contributed by atoms with E-state index >= 15 is 0 Å². The number of ether oxygens (including phenoxy) is 2. The molecular formula is C21H23N3O3. The lowest BCUT2D eigenvalue weighted by Gasteiger charge is -2.08. The maximum absolute atomic E-state index is 11.9. The van der Waals surface area contributed by atoms with Gasteiger partial charge in [0.05, 0.1) is 18.5 Å². The Bertz CT molecular complexity index is 845. The summed E-state index contributed by atoms with van der Waals surface area (Å²) in [5, 5.41) is 7.21. The molecule has 0 bridgehead atoms. The number of amides is 1. The third-order valence-corrected chi connectivity index (χ3v) is 3.90. The fourth-order valence-corrected chi connectivity index (χ4v) is 2.56. The third kappa shape index (κ3) is 5.60. The number of benzene rings is 2. The first-order valence-corrected chi connectivity index (χ1v) is 8.96. The first-order valence-electron chi connectivity index (χ1n) is 8.96. The molecule has 0 unspecified atom stereocenters. The van der Waals surface area contributed by atoms with E-state index in [0.29, 0.717) is 25.3 Å². The summed E-state index contributed by atoms with van der Waals surface area (Å²) in [5.74, 6) is 1.27. The highest BCUT2D eigenvalue weighted by molar-refractivity contribution is 5.77. The van der Waals surface area contributed by atoms with Crippen molar-refractivity contribution in [3.05, 3.63) is 72.6 Å². The highest BCUT2D eigenvalue weighted by Gasteiger charge is 2.05. The molecule has 0 aliphatic carbocycles. The number of carbonyl (C=O) groups is 1. The van der Waals surface area contributed by atoms with Gasteiger partial charge in [0.1, 0.15) is 11.5 Å². The summed E-state index contributed by atoms with van der Waals surface area (Å²) in [6, 6.07) is 17.1. The van der Waals surface area contributed by atoms with Crippen LogP contribution in [0.3, 0.4) is 0 Å². The molecule has 6 nitrogen and oxygen atoms in total. The summed E-state index contributed by atoms with van der Waals surface area (Å²) >= 11 is 0. The van der Waals surface area contributed by atoms with E-state index in [1.807, 2.05) is 66.5 Å². The van der Waals surface area contributed by atoms with Gasteiger partial charge < -0.3 is 14.8 Å². The molecule has 0 radical (unpaired) electrons. The zero-order valence-corrected chi connectivity index (χ0v) is 15.3. The van der Waals surface area contributed by atoms with Crippen LogP contribution in [0.4, 0.5) is 0 Å². The summed E-state index contributed by atoms with van der Waals surface area (Å²) in [4.78, 5) is 11.9. The molecule has 2 aromatic carbocycles. The Morgan fingerprint density at radius 2 is 1.74 bits per heavy atom. The van der Waals surface area contributed by atoms with Crippen LogP contribution >= 0.6 is 0 Å². The first kappa shape index (κ1) is 18.5. The molecule has 6 heteroatoms. The van der Waals surface area contributed by atoms with Gasteiger partial charge in [0.25, 0.3) is 5.91 Å². The lowest BCUT2D eigenvalue weighted by Crippen LogP contribution is -2.30. The van der Waals surface area contributed by atoms with E-state index in [4.69, 9.17) is 9.47 Å². The molecule has 0 aliphatic heterocycles. The Morgan fingerprint density at radius 1 is 1.04 bits per heavy atom. The van der Waals surface area contributed by atoms with E-state index in [9.17, 15) is 4.79 Å². The average Bonchev–Trinajstić information content (AvgIpc) is 3.17. The molecule has 0 aliphatic rings. The predicted molar refractivity (Wildman–Crippen MR) is 103 cm³/mol. The van der Waals surface area contributed by atoms with Crippen LogP contribution in [0.25, 0.3) is 5.69 Å².